The molecule has 18 heavy (non-hydrogen) atoms. The fraction of sp³-hybridized carbons (Fsp3) is 0.385. The molecule has 0 radical (unpaired) electrons. The molecule has 5 heteroatoms. The van der Waals surface area contributed by atoms with E-state index in [4.69, 9.17) is 18.0 Å². The van der Waals surface area contributed by atoms with E-state index in [9.17, 15) is 0 Å². The molecule has 0 aliphatic carbocycles. The van der Waals surface area contributed by atoms with E-state index < -0.39 is 0 Å². The van der Waals surface area contributed by atoms with Crippen molar-refractivity contribution in [2.24, 2.45) is 12.8 Å². The largest absolute Gasteiger partial charge is 0.393 e. The topological polar surface area (TPSA) is 43.8 Å². The maximum Gasteiger partial charge on any atom is 0.168 e. The minimum Gasteiger partial charge on any atom is -0.393 e. The number of nitrogens with two attached hydrogens (primary N) is 1. The summed E-state index contributed by atoms with van der Waals surface area (Å²) in [5, 5.41) is 1.02. The Hall–Kier alpha value is -1.07. The maximum atomic E-state index is 5.50. The molecular weight excluding hydrogens is 262 g/mol. The highest BCUT2D eigenvalue weighted by Crippen LogP contribution is 2.25. The first kappa shape index (κ1) is 13.4. The highest BCUT2D eigenvalue weighted by Gasteiger charge is 2.09. The summed E-state index contributed by atoms with van der Waals surface area (Å²) in [6.07, 6.45) is 0.751. The molecule has 1 aromatic heterocycles. The highest BCUT2D eigenvalue weighted by molar-refractivity contribution is 7.99. The van der Waals surface area contributed by atoms with E-state index in [1.165, 1.54) is 16.6 Å². The van der Waals surface area contributed by atoms with Crippen LogP contribution in [0.1, 0.15) is 17.5 Å². The van der Waals surface area contributed by atoms with Gasteiger partial charge in [-0.25, -0.2) is 4.98 Å². The Morgan fingerprint density at radius 3 is 2.72 bits per heavy atom. The number of nitrogens with zero attached hydrogens (tertiary/aromatic N) is 2. The van der Waals surface area contributed by atoms with Gasteiger partial charge in [-0.2, -0.15) is 0 Å². The van der Waals surface area contributed by atoms with E-state index in [0.717, 1.165) is 22.8 Å². The smallest absolute Gasteiger partial charge is 0.168 e. The number of imidazole rings is 1. The Balaban J connectivity index is 2.29. The van der Waals surface area contributed by atoms with Crippen LogP contribution < -0.4 is 5.73 Å². The van der Waals surface area contributed by atoms with Gasteiger partial charge in [0.1, 0.15) is 0 Å². The van der Waals surface area contributed by atoms with Crippen LogP contribution in [0.15, 0.2) is 17.3 Å². The molecule has 0 unspecified atom stereocenters. The Bertz CT molecular complexity index is 602. The van der Waals surface area contributed by atoms with Crippen molar-refractivity contribution in [1.29, 1.82) is 0 Å². The molecule has 0 aliphatic heterocycles. The third-order valence-electron chi connectivity index (χ3n) is 3.03. The molecule has 1 aromatic carbocycles. The molecule has 0 bridgehead atoms. The number of aromatic nitrogens is 2. The maximum absolute atomic E-state index is 5.50. The van der Waals surface area contributed by atoms with Crippen molar-refractivity contribution in [2.75, 3.05) is 5.75 Å². The third-order valence-corrected chi connectivity index (χ3v) is 4.27. The lowest BCUT2D eigenvalue weighted by atomic mass is 10.1. The first-order valence-corrected chi connectivity index (χ1v) is 7.23. The van der Waals surface area contributed by atoms with Gasteiger partial charge in [0.25, 0.3) is 0 Å². The molecule has 0 amide bonds. The van der Waals surface area contributed by atoms with E-state index in [-0.39, 0.29) is 0 Å². The molecule has 0 saturated carbocycles. The molecular formula is C13H17N3S2. The summed E-state index contributed by atoms with van der Waals surface area (Å²) >= 11 is 6.58. The highest BCUT2D eigenvalue weighted by atomic mass is 32.2. The number of hydrogen-bond acceptors (Lipinski definition) is 3. The third kappa shape index (κ3) is 2.67. The van der Waals surface area contributed by atoms with Crippen LogP contribution in [0.25, 0.3) is 11.0 Å². The second-order valence-corrected chi connectivity index (χ2v) is 6.03. The molecule has 0 fully saturated rings. The van der Waals surface area contributed by atoms with Gasteiger partial charge >= 0.3 is 0 Å². The second kappa shape index (κ2) is 5.28. The summed E-state index contributed by atoms with van der Waals surface area (Å²) in [6.45, 7) is 4.24. The molecule has 0 spiro atoms. The average Bonchev–Trinajstić information content (AvgIpc) is 2.57. The molecule has 2 aromatic rings. The van der Waals surface area contributed by atoms with Gasteiger partial charge < -0.3 is 10.3 Å². The second-order valence-electron chi connectivity index (χ2n) is 4.44. The molecule has 0 atom stereocenters. The van der Waals surface area contributed by atoms with Gasteiger partial charge in [-0.15, -0.1) is 0 Å². The number of thiocarbonyl (C=S) groups is 1. The first-order chi connectivity index (χ1) is 8.49. The van der Waals surface area contributed by atoms with E-state index in [2.05, 4.69) is 35.5 Å². The van der Waals surface area contributed by atoms with Crippen molar-refractivity contribution >= 4 is 40.0 Å². The monoisotopic (exact) mass is 279 g/mol. The zero-order chi connectivity index (χ0) is 13.3. The SMILES string of the molecule is Cc1cc2nc(SCCC(N)=S)n(C)c2cc1C. The van der Waals surface area contributed by atoms with Gasteiger partial charge in [0.2, 0.25) is 0 Å². The van der Waals surface area contributed by atoms with Crippen molar-refractivity contribution in [1.82, 2.24) is 9.55 Å². The molecule has 96 valence electrons. The van der Waals surface area contributed by atoms with Crippen LogP contribution in [0.2, 0.25) is 0 Å². The van der Waals surface area contributed by atoms with E-state index in [1.54, 1.807) is 11.8 Å². The molecule has 2 N–H and O–H groups in total. The number of thioether (sulfide) groups is 1. The van der Waals surface area contributed by atoms with Gasteiger partial charge in [0, 0.05) is 19.2 Å². The van der Waals surface area contributed by atoms with Crippen LogP contribution >= 0.6 is 24.0 Å². The summed E-state index contributed by atoms with van der Waals surface area (Å²) in [5.41, 5.74) is 10.3. The van der Waals surface area contributed by atoms with Gasteiger partial charge in [-0.3, -0.25) is 0 Å². The summed E-state index contributed by atoms with van der Waals surface area (Å²) in [6, 6.07) is 4.33. The number of fused-ring (bicyclic) bond motifs is 1. The minimum atomic E-state index is 0.563. The van der Waals surface area contributed by atoms with E-state index in [0.29, 0.717) is 4.99 Å². The van der Waals surface area contributed by atoms with Crippen molar-refractivity contribution in [3.63, 3.8) is 0 Å². The number of aryl methyl sites for hydroxylation is 3. The van der Waals surface area contributed by atoms with Crippen LogP contribution in [0.3, 0.4) is 0 Å². The van der Waals surface area contributed by atoms with Gasteiger partial charge in [-0.1, -0.05) is 24.0 Å². The Labute approximate surface area is 117 Å². The lowest BCUT2D eigenvalue weighted by molar-refractivity contribution is 0.815. The van der Waals surface area contributed by atoms with Crippen molar-refractivity contribution in [3.8, 4) is 0 Å². The van der Waals surface area contributed by atoms with Gasteiger partial charge in [-0.05, 0) is 37.1 Å². The zero-order valence-corrected chi connectivity index (χ0v) is 12.5. The Morgan fingerprint density at radius 1 is 1.39 bits per heavy atom. The van der Waals surface area contributed by atoms with Crippen molar-refractivity contribution < 1.29 is 0 Å². The van der Waals surface area contributed by atoms with E-state index in [1.807, 2.05) is 7.05 Å². The predicted octanol–water partition coefficient (Wildman–Crippen LogP) is 2.96. The predicted molar refractivity (Wildman–Crippen MR) is 82.3 cm³/mol. The Morgan fingerprint density at radius 2 is 2.06 bits per heavy atom. The molecule has 0 aliphatic rings. The normalized spacial score (nSPS) is 11.1. The standard InChI is InChI=1S/C13H17N3S2/c1-8-6-10-11(7-9(8)2)16(3)13(15-10)18-5-4-12(14)17/h6-7H,4-5H2,1-3H3,(H2,14,17). The summed E-state index contributed by atoms with van der Waals surface area (Å²) in [4.78, 5) is 5.22. The van der Waals surface area contributed by atoms with Crippen LogP contribution in [-0.2, 0) is 7.05 Å². The van der Waals surface area contributed by atoms with Crippen LogP contribution in [0.5, 0.6) is 0 Å². The molecule has 1 heterocycles. The van der Waals surface area contributed by atoms with Crippen LogP contribution in [0.4, 0.5) is 0 Å². The lowest BCUT2D eigenvalue weighted by Crippen LogP contribution is -2.08. The quantitative estimate of drug-likeness (QED) is 0.690. The Kier molecular flexibility index (Phi) is 3.92. The molecule has 2 rings (SSSR count). The fourth-order valence-corrected chi connectivity index (χ4v) is 2.99. The van der Waals surface area contributed by atoms with E-state index >= 15 is 0 Å². The van der Waals surface area contributed by atoms with Crippen molar-refractivity contribution in [3.05, 3.63) is 23.3 Å². The lowest BCUT2D eigenvalue weighted by Gasteiger charge is -2.02. The molecule has 3 nitrogen and oxygen atoms in total. The number of rotatable bonds is 4. The summed E-state index contributed by atoms with van der Waals surface area (Å²) < 4.78 is 2.13. The van der Waals surface area contributed by atoms with Gasteiger partial charge in [0.15, 0.2) is 5.16 Å². The first-order valence-electron chi connectivity index (χ1n) is 5.84. The van der Waals surface area contributed by atoms with Gasteiger partial charge in [0.05, 0.1) is 16.0 Å². The minimum absolute atomic E-state index is 0.563. The molecule has 0 saturated heterocycles. The summed E-state index contributed by atoms with van der Waals surface area (Å²) in [5.74, 6) is 0.879. The van der Waals surface area contributed by atoms with Crippen LogP contribution in [-0.4, -0.2) is 20.3 Å². The van der Waals surface area contributed by atoms with Crippen LogP contribution in [0, 0.1) is 13.8 Å². The fourth-order valence-electron chi connectivity index (χ4n) is 1.80. The number of hydrogen-bond donors (Lipinski definition) is 1. The van der Waals surface area contributed by atoms with Crippen molar-refractivity contribution in [2.45, 2.75) is 25.4 Å². The zero-order valence-electron chi connectivity index (χ0n) is 10.9. The average molecular weight is 279 g/mol. The number of benzene rings is 1. The summed E-state index contributed by atoms with van der Waals surface area (Å²) in [7, 11) is 2.05.